The second-order valence-electron chi connectivity index (χ2n) is 5.05. The van der Waals surface area contributed by atoms with E-state index in [1.807, 2.05) is 18.2 Å². The van der Waals surface area contributed by atoms with Gasteiger partial charge in [-0.3, -0.25) is 0 Å². The molecule has 1 aliphatic rings. The molecule has 3 rings (SSSR count). The SMILES string of the molecule is Cl.O=S(=O)(c1ccccc1)c1ccc(N2CCNCC2)cc1. The van der Waals surface area contributed by atoms with Crippen LogP contribution in [0.15, 0.2) is 64.4 Å². The molecule has 2 aromatic rings. The molecule has 0 atom stereocenters. The van der Waals surface area contributed by atoms with Crippen molar-refractivity contribution in [3.8, 4) is 0 Å². The molecule has 1 heterocycles. The van der Waals surface area contributed by atoms with E-state index in [1.54, 1.807) is 36.4 Å². The molecule has 1 fully saturated rings. The number of hydrogen-bond acceptors (Lipinski definition) is 4. The average Bonchev–Trinajstić information content (AvgIpc) is 2.57. The Balaban J connectivity index is 0.00000176. The average molecular weight is 339 g/mol. The summed E-state index contributed by atoms with van der Waals surface area (Å²) in [6.45, 7) is 3.82. The van der Waals surface area contributed by atoms with Gasteiger partial charge in [-0.15, -0.1) is 12.4 Å². The van der Waals surface area contributed by atoms with Gasteiger partial charge in [0.05, 0.1) is 9.79 Å². The number of nitrogens with one attached hydrogen (secondary N) is 1. The summed E-state index contributed by atoms with van der Waals surface area (Å²) in [5.41, 5.74) is 1.07. The van der Waals surface area contributed by atoms with Gasteiger partial charge in [0.1, 0.15) is 0 Å². The highest BCUT2D eigenvalue weighted by molar-refractivity contribution is 7.91. The fraction of sp³-hybridized carbons (Fsp3) is 0.250. The first-order chi connectivity index (χ1) is 10.2. The molecule has 6 heteroatoms. The number of hydrogen-bond donors (Lipinski definition) is 1. The molecule has 1 saturated heterocycles. The maximum atomic E-state index is 12.5. The van der Waals surface area contributed by atoms with Gasteiger partial charge in [0.15, 0.2) is 0 Å². The van der Waals surface area contributed by atoms with Gasteiger partial charge in [-0.1, -0.05) is 18.2 Å². The summed E-state index contributed by atoms with van der Waals surface area (Å²) in [5, 5.41) is 3.30. The third-order valence-corrected chi connectivity index (χ3v) is 5.47. The van der Waals surface area contributed by atoms with E-state index in [-0.39, 0.29) is 12.4 Å². The fourth-order valence-corrected chi connectivity index (χ4v) is 3.78. The minimum Gasteiger partial charge on any atom is -0.369 e. The molecule has 0 amide bonds. The minimum atomic E-state index is -3.42. The highest BCUT2D eigenvalue weighted by atomic mass is 35.5. The molecule has 0 bridgehead atoms. The molecule has 22 heavy (non-hydrogen) atoms. The minimum absolute atomic E-state index is 0. The first kappa shape index (κ1) is 16.8. The van der Waals surface area contributed by atoms with E-state index in [0.29, 0.717) is 9.79 Å². The van der Waals surface area contributed by atoms with Gasteiger partial charge < -0.3 is 10.2 Å². The van der Waals surface area contributed by atoms with Gasteiger partial charge in [-0.2, -0.15) is 0 Å². The Hall–Kier alpha value is -1.56. The number of halogens is 1. The summed E-state index contributed by atoms with van der Waals surface area (Å²) in [5.74, 6) is 0. The van der Waals surface area contributed by atoms with Crippen LogP contribution in [-0.2, 0) is 9.84 Å². The predicted molar refractivity (Wildman–Crippen MR) is 90.7 cm³/mol. The van der Waals surface area contributed by atoms with Crippen molar-refractivity contribution in [2.75, 3.05) is 31.1 Å². The smallest absolute Gasteiger partial charge is 0.206 e. The van der Waals surface area contributed by atoms with Gasteiger partial charge >= 0.3 is 0 Å². The molecule has 0 aromatic heterocycles. The molecular weight excluding hydrogens is 320 g/mol. The van der Waals surface area contributed by atoms with Crippen molar-refractivity contribution in [1.82, 2.24) is 5.32 Å². The molecule has 0 saturated carbocycles. The van der Waals surface area contributed by atoms with E-state index in [2.05, 4.69) is 10.2 Å². The second kappa shape index (κ2) is 7.13. The Morgan fingerprint density at radius 1 is 0.818 bits per heavy atom. The molecule has 0 radical (unpaired) electrons. The second-order valence-corrected chi connectivity index (χ2v) is 7.00. The third kappa shape index (κ3) is 3.43. The molecule has 0 spiro atoms. The lowest BCUT2D eigenvalue weighted by atomic mass is 10.2. The Morgan fingerprint density at radius 3 is 1.95 bits per heavy atom. The van der Waals surface area contributed by atoms with Gasteiger partial charge in [0, 0.05) is 31.9 Å². The summed E-state index contributed by atoms with van der Waals surface area (Å²) in [7, 11) is -3.42. The quantitative estimate of drug-likeness (QED) is 0.933. The Labute approximate surface area is 137 Å². The van der Waals surface area contributed by atoms with Crippen molar-refractivity contribution in [3.05, 3.63) is 54.6 Å². The van der Waals surface area contributed by atoms with Crippen LogP contribution < -0.4 is 10.2 Å². The van der Waals surface area contributed by atoms with Crippen LogP contribution in [0.1, 0.15) is 0 Å². The number of rotatable bonds is 3. The lowest BCUT2D eigenvalue weighted by Crippen LogP contribution is -2.43. The lowest BCUT2D eigenvalue weighted by Gasteiger charge is -2.29. The standard InChI is InChI=1S/C16H18N2O2S.ClH/c19-21(20,15-4-2-1-3-5-15)16-8-6-14(7-9-16)18-12-10-17-11-13-18;/h1-9,17H,10-13H2;1H. The summed E-state index contributed by atoms with van der Waals surface area (Å²) >= 11 is 0. The van der Waals surface area contributed by atoms with Crippen molar-refractivity contribution in [2.45, 2.75) is 9.79 Å². The van der Waals surface area contributed by atoms with Crippen LogP contribution in [0.25, 0.3) is 0 Å². The maximum absolute atomic E-state index is 12.5. The van der Waals surface area contributed by atoms with E-state index >= 15 is 0 Å². The van der Waals surface area contributed by atoms with E-state index in [4.69, 9.17) is 0 Å². The van der Waals surface area contributed by atoms with Gasteiger partial charge in [0.25, 0.3) is 0 Å². The van der Waals surface area contributed by atoms with Gasteiger partial charge in [-0.05, 0) is 36.4 Å². The predicted octanol–water partition coefficient (Wildman–Crippen LogP) is 2.35. The monoisotopic (exact) mass is 338 g/mol. The van der Waals surface area contributed by atoms with E-state index in [0.717, 1.165) is 31.9 Å². The number of piperazine rings is 1. The van der Waals surface area contributed by atoms with E-state index < -0.39 is 9.84 Å². The number of anilines is 1. The van der Waals surface area contributed by atoms with Crippen LogP contribution >= 0.6 is 12.4 Å². The molecule has 1 N–H and O–H groups in total. The highest BCUT2D eigenvalue weighted by Crippen LogP contribution is 2.23. The molecule has 2 aromatic carbocycles. The first-order valence-corrected chi connectivity index (χ1v) is 8.52. The molecule has 1 aliphatic heterocycles. The zero-order valence-corrected chi connectivity index (χ0v) is 13.7. The van der Waals surface area contributed by atoms with E-state index in [1.165, 1.54) is 0 Å². The fourth-order valence-electron chi connectivity index (χ4n) is 2.49. The van der Waals surface area contributed by atoms with Crippen molar-refractivity contribution in [1.29, 1.82) is 0 Å². The summed E-state index contributed by atoms with van der Waals surface area (Å²) in [6.07, 6.45) is 0. The Kier molecular flexibility index (Phi) is 5.45. The Bertz CT molecular complexity index is 697. The van der Waals surface area contributed by atoms with Crippen molar-refractivity contribution in [3.63, 3.8) is 0 Å². The van der Waals surface area contributed by atoms with Crippen LogP contribution in [0.3, 0.4) is 0 Å². The topological polar surface area (TPSA) is 49.4 Å². The molecule has 0 unspecified atom stereocenters. The highest BCUT2D eigenvalue weighted by Gasteiger charge is 2.18. The zero-order chi connectivity index (χ0) is 14.7. The first-order valence-electron chi connectivity index (χ1n) is 7.04. The summed E-state index contributed by atoms with van der Waals surface area (Å²) in [4.78, 5) is 2.93. The van der Waals surface area contributed by atoms with Crippen LogP contribution in [0.2, 0.25) is 0 Å². The lowest BCUT2D eigenvalue weighted by molar-refractivity contribution is 0.588. The largest absolute Gasteiger partial charge is 0.369 e. The van der Waals surface area contributed by atoms with Crippen LogP contribution in [0.4, 0.5) is 5.69 Å². The van der Waals surface area contributed by atoms with Crippen LogP contribution in [0.5, 0.6) is 0 Å². The van der Waals surface area contributed by atoms with Crippen molar-refractivity contribution in [2.24, 2.45) is 0 Å². The summed E-state index contributed by atoms with van der Waals surface area (Å²) in [6, 6.07) is 15.7. The number of benzene rings is 2. The number of sulfone groups is 1. The van der Waals surface area contributed by atoms with Gasteiger partial charge in [-0.25, -0.2) is 8.42 Å². The maximum Gasteiger partial charge on any atom is 0.206 e. The van der Waals surface area contributed by atoms with Crippen molar-refractivity contribution >= 4 is 27.9 Å². The molecule has 4 nitrogen and oxygen atoms in total. The van der Waals surface area contributed by atoms with Gasteiger partial charge in [0.2, 0.25) is 9.84 Å². The third-order valence-electron chi connectivity index (χ3n) is 3.68. The van der Waals surface area contributed by atoms with Crippen molar-refractivity contribution < 1.29 is 8.42 Å². The zero-order valence-electron chi connectivity index (χ0n) is 12.1. The molecular formula is C16H19ClN2O2S. The molecule has 118 valence electrons. The molecule has 0 aliphatic carbocycles. The normalized spacial score (nSPS) is 15.2. The van der Waals surface area contributed by atoms with E-state index in [9.17, 15) is 8.42 Å². The number of nitrogens with zero attached hydrogens (tertiary/aromatic N) is 1. The Morgan fingerprint density at radius 2 is 1.36 bits per heavy atom. The van der Waals surface area contributed by atoms with Crippen LogP contribution in [-0.4, -0.2) is 34.6 Å². The summed E-state index contributed by atoms with van der Waals surface area (Å²) < 4.78 is 25.0. The van der Waals surface area contributed by atoms with Crippen LogP contribution in [0, 0.1) is 0 Å².